The molecule has 0 saturated carbocycles. The Kier molecular flexibility index (Phi) is 3.79. The van der Waals surface area contributed by atoms with Crippen molar-refractivity contribution < 1.29 is 14.2 Å². The van der Waals surface area contributed by atoms with E-state index in [2.05, 4.69) is 0 Å². The molecule has 2 atom stereocenters. The van der Waals surface area contributed by atoms with E-state index in [1.807, 2.05) is 0 Å². The standard InChI is InChI=1S/C14H19FO2/c1-14(16,8-7-13-6-3-9-17-13)11-4-2-5-12(15)10-11/h2,4-5,10,13,16H,3,6-9H2,1H3. The van der Waals surface area contributed by atoms with Gasteiger partial charge < -0.3 is 9.84 Å². The van der Waals surface area contributed by atoms with Crippen LogP contribution in [0.25, 0.3) is 0 Å². The third-order valence-electron chi connectivity index (χ3n) is 3.42. The summed E-state index contributed by atoms with van der Waals surface area (Å²) in [4.78, 5) is 0. The van der Waals surface area contributed by atoms with Crippen LogP contribution in [0.5, 0.6) is 0 Å². The molecule has 1 heterocycles. The number of halogens is 1. The maximum Gasteiger partial charge on any atom is 0.123 e. The van der Waals surface area contributed by atoms with Gasteiger partial charge in [-0.3, -0.25) is 0 Å². The fourth-order valence-electron chi connectivity index (χ4n) is 2.28. The SMILES string of the molecule is CC(O)(CCC1CCCO1)c1cccc(F)c1. The van der Waals surface area contributed by atoms with Gasteiger partial charge in [-0.05, 0) is 50.3 Å². The Hall–Kier alpha value is -0.930. The molecule has 0 spiro atoms. The van der Waals surface area contributed by atoms with Crippen molar-refractivity contribution in [1.82, 2.24) is 0 Å². The van der Waals surface area contributed by atoms with Crippen molar-refractivity contribution in [2.75, 3.05) is 6.61 Å². The molecule has 17 heavy (non-hydrogen) atoms. The smallest absolute Gasteiger partial charge is 0.123 e. The minimum absolute atomic E-state index is 0.259. The maximum atomic E-state index is 13.1. The quantitative estimate of drug-likeness (QED) is 0.873. The van der Waals surface area contributed by atoms with Gasteiger partial charge in [0.2, 0.25) is 0 Å². The van der Waals surface area contributed by atoms with Crippen LogP contribution in [-0.2, 0) is 10.3 Å². The Bertz CT molecular complexity index is 370. The van der Waals surface area contributed by atoms with Crippen molar-refractivity contribution in [2.45, 2.75) is 44.3 Å². The van der Waals surface area contributed by atoms with Crippen molar-refractivity contribution >= 4 is 0 Å². The molecule has 1 aliphatic heterocycles. The molecule has 94 valence electrons. The van der Waals surface area contributed by atoms with E-state index in [-0.39, 0.29) is 11.9 Å². The molecule has 1 fully saturated rings. The van der Waals surface area contributed by atoms with E-state index in [9.17, 15) is 9.50 Å². The van der Waals surface area contributed by atoms with Crippen LogP contribution in [-0.4, -0.2) is 17.8 Å². The Morgan fingerprint density at radius 3 is 3.00 bits per heavy atom. The van der Waals surface area contributed by atoms with E-state index in [0.29, 0.717) is 12.0 Å². The first kappa shape index (κ1) is 12.5. The largest absolute Gasteiger partial charge is 0.385 e. The summed E-state index contributed by atoms with van der Waals surface area (Å²) in [5.41, 5.74) is -0.343. The molecule has 1 N–H and O–H groups in total. The second-order valence-electron chi connectivity index (χ2n) is 4.96. The van der Waals surface area contributed by atoms with Gasteiger partial charge in [-0.1, -0.05) is 12.1 Å². The van der Waals surface area contributed by atoms with Crippen LogP contribution in [0.2, 0.25) is 0 Å². The highest BCUT2D eigenvalue weighted by molar-refractivity contribution is 5.22. The summed E-state index contributed by atoms with van der Waals surface area (Å²) < 4.78 is 18.6. The first-order valence-corrected chi connectivity index (χ1v) is 6.18. The first-order valence-electron chi connectivity index (χ1n) is 6.18. The van der Waals surface area contributed by atoms with Gasteiger partial charge in [0.1, 0.15) is 5.82 Å². The molecule has 1 aliphatic rings. The van der Waals surface area contributed by atoms with Gasteiger partial charge in [0.25, 0.3) is 0 Å². The molecule has 1 aromatic rings. The molecular formula is C14H19FO2. The fourth-order valence-corrected chi connectivity index (χ4v) is 2.28. The number of aliphatic hydroxyl groups is 1. The number of rotatable bonds is 4. The first-order chi connectivity index (χ1) is 8.08. The highest BCUT2D eigenvalue weighted by Crippen LogP contribution is 2.29. The summed E-state index contributed by atoms with van der Waals surface area (Å²) in [5, 5.41) is 10.3. The highest BCUT2D eigenvalue weighted by Gasteiger charge is 2.26. The molecule has 3 heteroatoms. The summed E-state index contributed by atoms with van der Waals surface area (Å²) in [6.45, 7) is 2.56. The molecule has 2 unspecified atom stereocenters. The number of ether oxygens (including phenoxy) is 1. The molecule has 1 saturated heterocycles. The second kappa shape index (κ2) is 5.15. The maximum absolute atomic E-state index is 13.1. The Labute approximate surface area is 101 Å². The van der Waals surface area contributed by atoms with E-state index < -0.39 is 5.60 Å². The number of hydrogen-bond acceptors (Lipinski definition) is 2. The zero-order valence-corrected chi connectivity index (χ0v) is 10.2. The van der Waals surface area contributed by atoms with Crippen molar-refractivity contribution in [3.05, 3.63) is 35.6 Å². The average molecular weight is 238 g/mol. The van der Waals surface area contributed by atoms with Crippen molar-refractivity contribution in [1.29, 1.82) is 0 Å². The van der Waals surface area contributed by atoms with Crippen molar-refractivity contribution in [2.24, 2.45) is 0 Å². The van der Waals surface area contributed by atoms with Gasteiger partial charge in [0.15, 0.2) is 0 Å². The molecule has 2 rings (SSSR count). The van der Waals surface area contributed by atoms with E-state index in [1.165, 1.54) is 12.1 Å². The molecule has 0 aromatic heterocycles. The van der Waals surface area contributed by atoms with Crippen LogP contribution in [0.3, 0.4) is 0 Å². The van der Waals surface area contributed by atoms with Crippen molar-refractivity contribution in [3.8, 4) is 0 Å². The lowest BCUT2D eigenvalue weighted by Crippen LogP contribution is -2.23. The van der Waals surface area contributed by atoms with Gasteiger partial charge in [-0.25, -0.2) is 4.39 Å². The normalized spacial score (nSPS) is 23.6. The highest BCUT2D eigenvalue weighted by atomic mass is 19.1. The Morgan fingerprint density at radius 2 is 2.35 bits per heavy atom. The number of benzene rings is 1. The molecule has 0 radical (unpaired) electrons. The molecule has 1 aromatic carbocycles. The lowest BCUT2D eigenvalue weighted by molar-refractivity contribution is 0.0218. The summed E-state index contributed by atoms with van der Waals surface area (Å²) in [6, 6.07) is 6.18. The molecule has 0 bridgehead atoms. The lowest BCUT2D eigenvalue weighted by atomic mass is 9.89. The molecule has 0 aliphatic carbocycles. The topological polar surface area (TPSA) is 29.5 Å². The van der Waals surface area contributed by atoms with Crippen LogP contribution < -0.4 is 0 Å². The molecule has 0 amide bonds. The van der Waals surface area contributed by atoms with Crippen LogP contribution >= 0.6 is 0 Å². The lowest BCUT2D eigenvalue weighted by Gasteiger charge is -2.25. The molecular weight excluding hydrogens is 219 g/mol. The van der Waals surface area contributed by atoms with Gasteiger partial charge in [-0.15, -0.1) is 0 Å². The third kappa shape index (κ3) is 3.27. The van der Waals surface area contributed by atoms with Crippen LogP contribution in [0, 0.1) is 5.82 Å². The monoisotopic (exact) mass is 238 g/mol. The fraction of sp³-hybridized carbons (Fsp3) is 0.571. The Morgan fingerprint density at radius 1 is 1.53 bits per heavy atom. The number of hydrogen-bond donors (Lipinski definition) is 1. The summed E-state index contributed by atoms with van der Waals surface area (Å²) in [7, 11) is 0. The second-order valence-corrected chi connectivity index (χ2v) is 4.96. The summed E-state index contributed by atoms with van der Waals surface area (Å²) in [6.07, 6.45) is 3.85. The predicted molar refractivity (Wildman–Crippen MR) is 64.2 cm³/mol. The summed E-state index contributed by atoms with van der Waals surface area (Å²) in [5.74, 6) is -0.306. The van der Waals surface area contributed by atoms with Gasteiger partial charge in [-0.2, -0.15) is 0 Å². The van der Waals surface area contributed by atoms with Gasteiger partial charge >= 0.3 is 0 Å². The summed E-state index contributed by atoms with van der Waals surface area (Å²) >= 11 is 0. The Balaban J connectivity index is 1.97. The van der Waals surface area contributed by atoms with Gasteiger partial charge in [0, 0.05) is 6.61 Å². The van der Waals surface area contributed by atoms with Crippen molar-refractivity contribution in [3.63, 3.8) is 0 Å². The van der Waals surface area contributed by atoms with Gasteiger partial charge in [0.05, 0.1) is 11.7 Å². The minimum atomic E-state index is -0.978. The van der Waals surface area contributed by atoms with Crippen LogP contribution in [0.1, 0.15) is 38.2 Å². The van der Waals surface area contributed by atoms with E-state index in [1.54, 1.807) is 19.1 Å². The predicted octanol–water partition coefficient (Wildman–Crippen LogP) is 2.99. The minimum Gasteiger partial charge on any atom is -0.385 e. The molecule has 2 nitrogen and oxygen atoms in total. The zero-order valence-electron chi connectivity index (χ0n) is 10.2. The zero-order chi connectivity index (χ0) is 12.3. The van der Waals surface area contributed by atoms with E-state index in [4.69, 9.17) is 4.74 Å². The average Bonchev–Trinajstić information content (AvgIpc) is 2.79. The van der Waals surface area contributed by atoms with E-state index >= 15 is 0 Å². The van der Waals surface area contributed by atoms with E-state index in [0.717, 1.165) is 25.9 Å². The third-order valence-corrected chi connectivity index (χ3v) is 3.42. The van der Waals surface area contributed by atoms with Crippen LogP contribution in [0.15, 0.2) is 24.3 Å². The van der Waals surface area contributed by atoms with Crippen LogP contribution in [0.4, 0.5) is 4.39 Å².